The third-order valence-electron chi connectivity index (χ3n) is 2.36. The van der Waals surface area contributed by atoms with Crippen molar-refractivity contribution in [2.45, 2.75) is 24.1 Å². The van der Waals surface area contributed by atoms with Gasteiger partial charge in [0.15, 0.2) is 5.03 Å². The predicted octanol–water partition coefficient (Wildman–Crippen LogP) is 1.35. The number of rotatable bonds is 5. The molecule has 0 amide bonds. The zero-order valence-electron chi connectivity index (χ0n) is 11.4. The van der Waals surface area contributed by atoms with Gasteiger partial charge < -0.3 is 9.15 Å². The predicted molar refractivity (Wildman–Crippen MR) is 69.0 cm³/mol. The number of esters is 1. The first-order valence-electron chi connectivity index (χ1n) is 5.80. The number of aromatic nitrogens is 4. The molecule has 0 atom stereocenters. The minimum atomic E-state index is -0.743. The van der Waals surface area contributed by atoms with Gasteiger partial charge in [0, 0.05) is 7.05 Å². The third-order valence-corrected chi connectivity index (χ3v) is 3.35. The van der Waals surface area contributed by atoms with Gasteiger partial charge in [-0.05, 0) is 25.6 Å². The molecular formula is C10H11N5O5S. The standard InChI is InChI=1S/C10H11N5O5S/c1-4-19-9(16)7-11-12-10(20-7)21-8-6(15(17)18)5(2)13-14(8)3/h4H2,1-3H3. The van der Waals surface area contributed by atoms with Gasteiger partial charge in [-0.15, -0.1) is 5.10 Å². The molecule has 0 N–H and O–H groups in total. The second kappa shape index (κ2) is 5.91. The van der Waals surface area contributed by atoms with Crippen molar-refractivity contribution in [3.05, 3.63) is 21.7 Å². The van der Waals surface area contributed by atoms with Crippen LogP contribution in [-0.4, -0.2) is 37.5 Å². The van der Waals surface area contributed by atoms with Gasteiger partial charge in [-0.2, -0.15) is 5.10 Å². The molecule has 0 unspecified atom stereocenters. The van der Waals surface area contributed by atoms with Crippen molar-refractivity contribution in [2.24, 2.45) is 7.05 Å². The molecule has 112 valence electrons. The maximum Gasteiger partial charge on any atom is 0.396 e. The first-order valence-corrected chi connectivity index (χ1v) is 6.62. The van der Waals surface area contributed by atoms with E-state index in [1.165, 1.54) is 11.6 Å². The van der Waals surface area contributed by atoms with Crippen LogP contribution < -0.4 is 0 Å². The van der Waals surface area contributed by atoms with E-state index in [0.717, 1.165) is 11.8 Å². The SMILES string of the molecule is CCOC(=O)c1nnc(Sc2c([N+](=O)[O-])c(C)nn2C)o1. The highest BCUT2D eigenvalue weighted by Crippen LogP contribution is 2.35. The minimum Gasteiger partial charge on any atom is -0.459 e. The zero-order valence-corrected chi connectivity index (χ0v) is 12.2. The number of nitro groups is 1. The summed E-state index contributed by atoms with van der Waals surface area (Å²) in [5.41, 5.74) is 0.133. The summed E-state index contributed by atoms with van der Waals surface area (Å²) in [6, 6.07) is 0. The van der Waals surface area contributed by atoms with E-state index in [1.54, 1.807) is 14.0 Å². The molecule has 2 heterocycles. The Kier molecular flexibility index (Phi) is 4.21. The molecule has 0 aliphatic carbocycles. The summed E-state index contributed by atoms with van der Waals surface area (Å²) in [6.07, 6.45) is 0. The van der Waals surface area contributed by atoms with E-state index in [9.17, 15) is 14.9 Å². The maximum absolute atomic E-state index is 11.4. The molecule has 21 heavy (non-hydrogen) atoms. The number of carbonyl (C=O) groups is 1. The second-order valence-electron chi connectivity index (χ2n) is 3.82. The van der Waals surface area contributed by atoms with Crippen LogP contribution in [0.5, 0.6) is 0 Å². The number of hydrogen-bond donors (Lipinski definition) is 0. The van der Waals surface area contributed by atoms with Gasteiger partial charge in [0.25, 0.3) is 5.22 Å². The molecule has 2 aromatic rings. The number of nitrogens with zero attached hydrogens (tertiary/aromatic N) is 5. The van der Waals surface area contributed by atoms with Crippen molar-refractivity contribution in [3.63, 3.8) is 0 Å². The Hall–Kier alpha value is -2.43. The Labute approximate surface area is 122 Å². The van der Waals surface area contributed by atoms with Crippen molar-refractivity contribution >= 4 is 23.4 Å². The number of ether oxygens (including phenoxy) is 1. The minimum absolute atomic E-state index is 0.0100. The monoisotopic (exact) mass is 313 g/mol. The van der Waals surface area contributed by atoms with Crippen LogP contribution in [-0.2, 0) is 11.8 Å². The van der Waals surface area contributed by atoms with Crippen LogP contribution in [0.2, 0.25) is 0 Å². The summed E-state index contributed by atoms with van der Waals surface area (Å²) in [5.74, 6) is -1.05. The smallest absolute Gasteiger partial charge is 0.396 e. The Morgan fingerprint density at radius 2 is 2.24 bits per heavy atom. The van der Waals surface area contributed by atoms with Gasteiger partial charge >= 0.3 is 17.5 Å². The molecule has 0 fully saturated rings. The largest absolute Gasteiger partial charge is 0.459 e. The van der Waals surface area contributed by atoms with E-state index in [0.29, 0.717) is 0 Å². The number of aryl methyl sites for hydroxylation is 2. The molecule has 0 aromatic carbocycles. The summed E-state index contributed by atoms with van der Waals surface area (Å²) in [6.45, 7) is 3.35. The highest BCUT2D eigenvalue weighted by molar-refractivity contribution is 7.99. The molecule has 0 bridgehead atoms. The average Bonchev–Trinajstić information content (AvgIpc) is 2.96. The molecule has 0 saturated carbocycles. The van der Waals surface area contributed by atoms with Gasteiger partial charge in [-0.3, -0.25) is 14.8 Å². The Balaban J connectivity index is 2.27. The van der Waals surface area contributed by atoms with E-state index in [-0.39, 0.29) is 34.1 Å². The number of carbonyl (C=O) groups excluding carboxylic acids is 1. The first-order chi connectivity index (χ1) is 9.93. The van der Waals surface area contributed by atoms with Gasteiger partial charge in [0.1, 0.15) is 5.69 Å². The van der Waals surface area contributed by atoms with Crippen molar-refractivity contribution in [1.82, 2.24) is 20.0 Å². The van der Waals surface area contributed by atoms with E-state index in [2.05, 4.69) is 15.3 Å². The van der Waals surface area contributed by atoms with E-state index >= 15 is 0 Å². The highest BCUT2D eigenvalue weighted by Gasteiger charge is 2.27. The van der Waals surface area contributed by atoms with Crippen LogP contribution in [0, 0.1) is 17.0 Å². The van der Waals surface area contributed by atoms with Crippen LogP contribution in [0.4, 0.5) is 5.69 Å². The van der Waals surface area contributed by atoms with E-state index in [4.69, 9.17) is 9.15 Å². The lowest BCUT2D eigenvalue weighted by Crippen LogP contribution is -2.04. The zero-order chi connectivity index (χ0) is 15.6. The van der Waals surface area contributed by atoms with Gasteiger partial charge in [0.2, 0.25) is 0 Å². The fraction of sp³-hybridized carbons (Fsp3) is 0.400. The molecule has 0 saturated heterocycles. The normalized spacial score (nSPS) is 10.6. The van der Waals surface area contributed by atoms with Gasteiger partial charge in [-0.1, -0.05) is 5.10 Å². The summed E-state index contributed by atoms with van der Waals surface area (Å²) in [7, 11) is 1.56. The molecule has 0 aliphatic heterocycles. The lowest BCUT2D eigenvalue weighted by atomic mass is 10.4. The van der Waals surface area contributed by atoms with Crippen molar-refractivity contribution < 1.29 is 18.9 Å². The maximum atomic E-state index is 11.4. The van der Waals surface area contributed by atoms with Crippen molar-refractivity contribution in [3.8, 4) is 0 Å². The van der Waals surface area contributed by atoms with Crippen molar-refractivity contribution in [1.29, 1.82) is 0 Å². The van der Waals surface area contributed by atoms with Crippen molar-refractivity contribution in [2.75, 3.05) is 6.61 Å². The van der Waals surface area contributed by atoms with E-state index in [1.807, 2.05) is 0 Å². The topological polar surface area (TPSA) is 126 Å². The van der Waals surface area contributed by atoms with E-state index < -0.39 is 10.9 Å². The second-order valence-corrected chi connectivity index (χ2v) is 4.76. The molecule has 0 spiro atoms. The third kappa shape index (κ3) is 3.02. The fourth-order valence-electron chi connectivity index (χ4n) is 1.56. The summed E-state index contributed by atoms with van der Waals surface area (Å²) < 4.78 is 11.2. The van der Waals surface area contributed by atoms with Gasteiger partial charge in [0.05, 0.1) is 11.5 Å². The Bertz CT molecular complexity index is 694. The summed E-state index contributed by atoms with van der Waals surface area (Å²) in [5, 5.41) is 22.4. The molecule has 0 radical (unpaired) electrons. The molecule has 10 nitrogen and oxygen atoms in total. The van der Waals surface area contributed by atoms with Crippen LogP contribution in [0.25, 0.3) is 0 Å². The first kappa shape index (κ1) is 15.0. The molecule has 2 rings (SSSR count). The highest BCUT2D eigenvalue weighted by atomic mass is 32.2. The lowest BCUT2D eigenvalue weighted by molar-refractivity contribution is -0.388. The average molecular weight is 313 g/mol. The van der Waals surface area contributed by atoms with Crippen LogP contribution in [0.1, 0.15) is 23.3 Å². The van der Waals surface area contributed by atoms with Crippen LogP contribution in [0.15, 0.2) is 14.7 Å². The Morgan fingerprint density at radius 3 is 2.86 bits per heavy atom. The van der Waals surface area contributed by atoms with Crippen LogP contribution in [0.3, 0.4) is 0 Å². The van der Waals surface area contributed by atoms with Gasteiger partial charge in [-0.25, -0.2) is 4.79 Å². The fourth-order valence-corrected chi connectivity index (χ4v) is 2.42. The summed E-state index contributed by atoms with van der Waals surface area (Å²) >= 11 is 0.857. The molecular weight excluding hydrogens is 302 g/mol. The number of hydrogen-bond acceptors (Lipinski definition) is 9. The molecule has 0 aliphatic rings. The Morgan fingerprint density at radius 1 is 1.52 bits per heavy atom. The molecule has 2 aromatic heterocycles. The molecule has 11 heteroatoms. The lowest BCUT2D eigenvalue weighted by Gasteiger charge is -1.97. The summed E-state index contributed by atoms with van der Waals surface area (Å²) in [4.78, 5) is 21.9. The van der Waals surface area contributed by atoms with Crippen LogP contribution >= 0.6 is 11.8 Å². The quantitative estimate of drug-likeness (QED) is 0.456.